The number of benzene rings is 1. The number of halogens is 2. The molecule has 0 spiro atoms. The summed E-state index contributed by atoms with van der Waals surface area (Å²) >= 11 is 0. The Balaban J connectivity index is 1.76. The molecule has 0 unspecified atom stereocenters. The Hall–Kier alpha value is -2.35. The minimum absolute atomic E-state index is 0.182. The van der Waals surface area contributed by atoms with E-state index in [0.717, 1.165) is 19.0 Å². The third-order valence-corrected chi connectivity index (χ3v) is 4.47. The lowest BCUT2D eigenvalue weighted by atomic mass is 9.99. The molecule has 1 N–H and O–H groups in total. The van der Waals surface area contributed by atoms with E-state index >= 15 is 0 Å². The van der Waals surface area contributed by atoms with Gasteiger partial charge in [-0.15, -0.1) is 0 Å². The van der Waals surface area contributed by atoms with Gasteiger partial charge in [-0.25, -0.2) is 18.4 Å². The van der Waals surface area contributed by atoms with Crippen LogP contribution in [0, 0.1) is 11.6 Å². The molecule has 128 valence electrons. The van der Waals surface area contributed by atoms with Gasteiger partial charge in [0.05, 0.1) is 6.04 Å². The third kappa shape index (κ3) is 3.14. The molecule has 1 aliphatic heterocycles. The normalized spacial score (nSPS) is 22.5. The zero-order valence-corrected chi connectivity index (χ0v) is 13.5. The number of likely N-dealkylation sites (N-methyl/N-ethyl adjacent to an activating group) is 1. The molecular weight excluding hydrogens is 316 g/mol. The van der Waals surface area contributed by atoms with Crippen molar-refractivity contribution in [2.24, 2.45) is 0 Å². The maximum Gasteiger partial charge on any atom is 0.244 e. The second kappa shape index (κ2) is 6.64. The van der Waals surface area contributed by atoms with Crippen molar-refractivity contribution in [1.29, 1.82) is 0 Å². The van der Waals surface area contributed by atoms with E-state index in [1.807, 2.05) is 11.9 Å². The van der Waals surface area contributed by atoms with Gasteiger partial charge in [0.2, 0.25) is 5.91 Å². The van der Waals surface area contributed by atoms with Gasteiger partial charge in [-0.1, -0.05) is 6.07 Å². The summed E-state index contributed by atoms with van der Waals surface area (Å²) in [5.74, 6) is -1.94. The molecule has 1 aromatic carbocycles. The molecule has 8 heteroatoms. The number of likely N-dealkylation sites (tertiary alicyclic amines) is 1. The van der Waals surface area contributed by atoms with Gasteiger partial charge in [0, 0.05) is 12.6 Å². The Kier molecular flexibility index (Phi) is 4.57. The first-order valence-electron chi connectivity index (χ1n) is 7.77. The monoisotopic (exact) mass is 335 g/mol. The van der Waals surface area contributed by atoms with Gasteiger partial charge < -0.3 is 5.32 Å². The van der Waals surface area contributed by atoms with Crippen LogP contribution in [-0.2, 0) is 4.79 Å². The molecule has 2 heterocycles. The molecule has 6 nitrogen and oxygen atoms in total. The van der Waals surface area contributed by atoms with E-state index in [9.17, 15) is 13.6 Å². The average Bonchev–Trinajstić information content (AvgIpc) is 3.20. The predicted molar refractivity (Wildman–Crippen MR) is 83.0 cm³/mol. The van der Waals surface area contributed by atoms with E-state index in [1.54, 1.807) is 13.0 Å². The largest absolute Gasteiger partial charge is 0.350 e. The predicted octanol–water partition coefficient (Wildman–Crippen LogP) is 1.68. The SMILES string of the molecule is C[C@H](C(=O)N[C@H]1CCN(C)[C@@H]1c1ccc(F)c(F)c1)n1cncn1. The van der Waals surface area contributed by atoms with Gasteiger partial charge in [0.15, 0.2) is 11.6 Å². The standard InChI is InChI=1S/C16H19F2N5O/c1-10(23-9-19-8-20-23)16(24)21-14-5-6-22(2)15(14)11-3-4-12(17)13(18)7-11/h3-4,7-10,14-15H,5-6H2,1-2H3,(H,21,24)/t10-,14+,15-/m1/s1. The minimum Gasteiger partial charge on any atom is -0.350 e. The summed E-state index contributed by atoms with van der Waals surface area (Å²) in [5.41, 5.74) is 0.646. The van der Waals surface area contributed by atoms with Gasteiger partial charge in [-0.05, 0) is 38.1 Å². The summed E-state index contributed by atoms with van der Waals surface area (Å²) in [6, 6.07) is 3.00. The Morgan fingerprint density at radius 1 is 1.38 bits per heavy atom. The molecule has 3 rings (SSSR count). The van der Waals surface area contributed by atoms with Crippen LogP contribution in [0.3, 0.4) is 0 Å². The third-order valence-electron chi connectivity index (χ3n) is 4.47. The smallest absolute Gasteiger partial charge is 0.244 e. The Morgan fingerprint density at radius 2 is 2.17 bits per heavy atom. The molecule has 1 aliphatic rings. The number of nitrogens with one attached hydrogen (secondary N) is 1. The molecule has 3 atom stereocenters. The maximum atomic E-state index is 13.6. The molecule has 1 fully saturated rings. The summed E-state index contributed by atoms with van der Waals surface area (Å²) in [7, 11) is 1.90. The zero-order chi connectivity index (χ0) is 17.3. The lowest BCUT2D eigenvalue weighted by molar-refractivity contribution is -0.125. The fraction of sp³-hybridized carbons (Fsp3) is 0.438. The van der Waals surface area contributed by atoms with Crippen LogP contribution in [0.15, 0.2) is 30.9 Å². The molecule has 24 heavy (non-hydrogen) atoms. The van der Waals surface area contributed by atoms with Crippen molar-refractivity contribution in [2.75, 3.05) is 13.6 Å². The Morgan fingerprint density at radius 3 is 2.83 bits per heavy atom. The molecule has 0 saturated carbocycles. The summed E-state index contributed by atoms with van der Waals surface area (Å²) in [5, 5.41) is 6.96. The number of carbonyl (C=O) groups is 1. The van der Waals surface area contributed by atoms with Crippen molar-refractivity contribution in [1.82, 2.24) is 25.0 Å². The second-order valence-corrected chi connectivity index (χ2v) is 6.05. The quantitative estimate of drug-likeness (QED) is 0.923. The maximum absolute atomic E-state index is 13.6. The number of rotatable bonds is 4. The highest BCUT2D eigenvalue weighted by atomic mass is 19.2. The molecule has 1 amide bonds. The topological polar surface area (TPSA) is 63.1 Å². The van der Waals surface area contributed by atoms with Crippen LogP contribution in [0.4, 0.5) is 8.78 Å². The van der Waals surface area contributed by atoms with Crippen molar-refractivity contribution in [2.45, 2.75) is 31.5 Å². The number of aromatic nitrogens is 3. The number of carbonyl (C=O) groups excluding carboxylic acids is 1. The van der Waals surface area contributed by atoms with Gasteiger partial charge >= 0.3 is 0 Å². The van der Waals surface area contributed by atoms with E-state index in [1.165, 1.54) is 23.4 Å². The minimum atomic E-state index is -0.881. The van der Waals surface area contributed by atoms with Gasteiger partial charge in [-0.3, -0.25) is 9.69 Å². The van der Waals surface area contributed by atoms with E-state index in [0.29, 0.717) is 5.56 Å². The van der Waals surface area contributed by atoms with E-state index < -0.39 is 17.7 Å². The fourth-order valence-corrected chi connectivity index (χ4v) is 3.12. The fourth-order valence-electron chi connectivity index (χ4n) is 3.12. The highest BCUT2D eigenvalue weighted by Gasteiger charge is 2.35. The van der Waals surface area contributed by atoms with Crippen molar-refractivity contribution >= 4 is 5.91 Å². The number of amides is 1. The van der Waals surface area contributed by atoms with Crippen LogP contribution in [0.2, 0.25) is 0 Å². The van der Waals surface area contributed by atoms with Gasteiger partial charge in [0.25, 0.3) is 0 Å². The van der Waals surface area contributed by atoms with Crippen molar-refractivity contribution < 1.29 is 13.6 Å². The second-order valence-electron chi connectivity index (χ2n) is 6.05. The van der Waals surface area contributed by atoms with Crippen molar-refractivity contribution in [3.05, 3.63) is 48.1 Å². The first-order valence-corrected chi connectivity index (χ1v) is 7.77. The summed E-state index contributed by atoms with van der Waals surface area (Å²) in [6.07, 6.45) is 3.59. The van der Waals surface area contributed by atoms with Crippen LogP contribution < -0.4 is 5.32 Å². The lowest BCUT2D eigenvalue weighted by Crippen LogP contribution is -2.42. The first kappa shape index (κ1) is 16.5. The highest BCUT2D eigenvalue weighted by Crippen LogP contribution is 2.32. The van der Waals surface area contributed by atoms with Gasteiger partial charge in [0.1, 0.15) is 18.7 Å². The summed E-state index contributed by atoms with van der Waals surface area (Å²) in [4.78, 5) is 18.3. The lowest BCUT2D eigenvalue weighted by Gasteiger charge is -2.27. The van der Waals surface area contributed by atoms with Crippen molar-refractivity contribution in [3.63, 3.8) is 0 Å². The molecule has 0 aliphatic carbocycles. The van der Waals surface area contributed by atoms with Crippen molar-refractivity contribution in [3.8, 4) is 0 Å². The first-order chi connectivity index (χ1) is 11.5. The molecule has 2 aromatic rings. The van der Waals surface area contributed by atoms with Crippen LogP contribution >= 0.6 is 0 Å². The van der Waals surface area contributed by atoms with Crippen LogP contribution in [0.5, 0.6) is 0 Å². The molecule has 1 aromatic heterocycles. The van der Waals surface area contributed by atoms with E-state index in [-0.39, 0.29) is 18.0 Å². The Labute approximate surface area is 138 Å². The van der Waals surface area contributed by atoms with Crippen LogP contribution in [0.25, 0.3) is 0 Å². The summed E-state index contributed by atoms with van der Waals surface area (Å²) in [6.45, 7) is 2.49. The number of nitrogens with zero attached hydrogens (tertiary/aromatic N) is 4. The van der Waals surface area contributed by atoms with E-state index in [2.05, 4.69) is 15.4 Å². The zero-order valence-electron chi connectivity index (χ0n) is 13.5. The Bertz CT molecular complexity index is 721. The van der Waals surface area contributed by atoms with E-state index in [4.69, 9.17) is 0 Å². The molecule has 0 radical (unpaired) electrons. The molecular formula is C16H19F2N5O. The molecule has 0 bridgehead atoms. The van der Waals surface area contributed by atoms with Gasteiger partial charge in [-0.2, -0.15) is 5.10 Å². The number of hydrogen-bond acceptors (Lipinski definition) is 4. The van der Waals surface area contributed by atoms with Crippen LogP contribution in [0.1, 0.15) is 31.0 Å². The average molecular weight is 335 g/mol. The number of hydrogen-bond donors (Lipinski definition) is 1. The van der Waals surface area contributed by atoms with Crippen LogP contribution in [-0.4, -0.2) is 45.2 Å². The highest BCUT2D eigenvalue weighted by molar-refractivity contribution is 5.80. The summed E-state index contributed by atoms with van der Waals surface area (Å²) < 4.78 is 28.2. The molecule has 1 saturated heterocycles.